The summed E-state index contributed by atoms with van der Waals surface area (Å²) in [5, 5.41) is 2.82. The number of amides is 2. The van der Waals surface area contributed by atoms with Gasteiger partial charge in [0.05, 0.1) is 5.69 Å². The van der Waals surface area contributed by atoms with E-state index in [1.165, 1.54) is 0 Å². The van der Waals surface area contributed by atoms with Crippen molar-refractivity contribution in [1.29, 1.82) is 0 Å². The Labute approximate surface area is 120 Å². The molecule has 0 atom stereocenters. The monoisotopic (exact) mass is 277 g/mol. The highest BCUT2D eigenvalue weighted by Crippen LogP contribution is 2.03. The van der Waals surface area contributed by atoms with Crippen molar-refractivity contribution in [2.45, 2.75) is 39.0 Å². The number of rotatable bonds is 9. The van der Waals surface area contributed by atoms with Crippen LogP contribution in [-0.2, 0) is 9.59 Å². The van der Waals surface area contributed by atoms with Crippen molar-refractivity contribution in [2.75, 3.05) is 12.0 Å². The quantitative estimate of drug-likeness (QED) is 0.479. The Bertz CT molecular complexity index is 407. The zero-order valence-electron chi connectivity index (χ0n) is 11.9. The predicted octanol–water partition coefficient (Wildman–Crippen LogP) is 2.22. The van der Waals surface area contributed by atoms with E-state index in [0.29, 0.717) is 19.3 Å². The molecular weight excluding hydrogens is 254 g/mol. The molecule has 3 N–H and O–H groups in total. The number of anilines is 1. The molecule has 1 rings (SSSR count). The van der Waals surface area contributed by atoms with Gasteiger partial charge in [-0.25, -0.2) is 0 Å². The van der Waals surface area contributed by atoms with Crippen LogP contribution < -0.4 is 16.2 Å². The molecule has 0 saturated carbocycles. The van der Waals surface area contributed by atoms with Gasteiger partial charge in [0, 0.05) is 19.4 Å². The zero-order valence-corrected chi connectivity index (χ0v) is 11.9. The van der Waals surface area contributed by atoms with Gasteiger partial charge in [-0.05, 0) is 31.4 Å². The van der Waals surface area contributed by atoms with Crippen LogP contribution in [0.25, 0.3) is 0 Å². The average molecular weight is 277 g/mol. The average Bonchev–Trinajstić information content (AvgIpc) is 2.48. The van der Waals surface area contributed by atoms with Crippen molar-refractivity contribution >= 4 is 17.5 Å². The second-order valence-corrected chi connectivity index (χ2v) is 4.60. The maximum absolute atomic E-state index is 11.6. The number of hydrazine groups is 1. The fourth-order valence-corrected chi connectivity index (χ4v) is 1.65. The molecule has 0 radical (unpaired) electrons. The third kappa shape index (κ3) is 7.41. The summed E-state index contributed by atoms with van der Waals surface area (Å²) in [5.74, 6) is -0.00233. The molecule has 0 heterocycles. The van der Waals surface area contributed by atoms with E-state index in [2.05, 4.69) is 16.2 Å². The van der Waals surface area contributed by atoms with Gasteiger partial charge >= 0.3 is 0 Å². The van der Waals surface area contributed by atoms with Crippen LogP contribution in [0.3, 0.4) is 0 Å². The maximum atomic E-state index is 11.6. The van der Waals surface area contributed by atoms with Crippen LogP contribution in [0.5, 0.6) is 0 Å². The highest BCUT2D eigenvalue weighted by molar-refractivity contribution is 5.78. The Kier molecular flexibility index (Phi) is 7.87. The van der Waals surface area contributed by atoms with Gasteiger partial charge in [0.2, 0.25) is 11.8 Å². The summed E-state index contributed by atoms with van der Waals surface area (Å²) in [6.45, 7) is 2.74. The molecular formula is C15H23N3O2. The lowest BCUT2D eigenvalue weighted by atomic mass is 10.2. The number of nitrogens with one attached hydrogen (secondary N) is 3. The minimum Gasteiger partial charge on any atom is -0.356 e. The first kappa shape index (κ1) is 16.0. The summed E-state index contributed by atoms with van der Waals surface area (Å²) in [7, 11) is 0. The van der Waals surface area contributed by atoms with Gasteiger partial charge < -0.3 is 5.32 Å². The molecule has 0 bridgehead atoms. The Morgan fingerprint density at radius 3 is 2.30 bits per heavy atom. The molecule has 20 heavy (non-hydrogen) atoms. The van der Waals surface area contributed by atoms with Crippen LogP contribution in [0.15, 0.2) is 30.3 Å². The van der Waals surface area contributed by atoms with Gasteiger partial charge in [-0.1, -0.05) is 25.1 Å². The van der Waals surface area contributed by atoms with E-state index >= 15 is 0 Å². The van der Waals surface area contributed by atoms with Crippen molar-refractivity contribution in [1.82, 2.24) is 10.7 Å². The fourth-order valence-electron chi connectivity index (χ4n) is 1.65. The molecule has 0 aliphatic rings. The third-order valence-corrected chi connectivity index (χ3v) is 2.75. The molecule has 0 saturated heterocycles. The van der Waals surface area contributed by atoms with E-state index in [4.69, 9.17) is 0 Å². The first-order valence-corrected chi connectivity index (χ1v) is 7.09. The smallest absolute Gasteiger partial charge is 0.238 e. The first-order valence-electron chi connectivity index (χ1n) is 7.09. The normalized spacial score (nSPS) is 9.85. The van der Waals surface area contributed by atoms with Crippen LogP contribution in [0.1, 0.15) is 39.0 Å². The highest BCUT2D eigenvalue weighted by Gasteiger charge is 2.03. The maximum Gasteiger partial charge on any atom is 0.238 e. The minimum atomic E-state index is -0.0668. The summed E-state index contributed by atoms with van der Waals surface area (Å²) < 4.78 is 0. The van der Waals surface area contributed by atoms with Gasteiger partial charge in [0.1, 0.15) is 0 Å². The van der Waals surface area contributed by atoms with E-state index in [0.717, 1.165) is 25.1 Å². The molecule has 5 heteroatoms. The van der Waals surface area contributed by atoms with E-state index < -0.39 is 0 Å². The molecule has 0 aliphatic carbocycles. The minimum absolute atomic E-state index is 0.0645. The van der Waals surface area contributed by atoms with Gasteiger partial charge in [-0.15, -0.1) is 0 Å². The number of para-hydroxylation sites is 1. The van der Waals surface area contributed by atoms with Crippen LogP contribution in [0.2, 0.25) is 0 Å². The molecule has 0 aromatic heterocycles. The van der Waals surface area contributed by atoms with Crippen molar-refractivity contribution in [3.8, 4) is 0 Å². The molecule has 1 aromatic carbocycles. The summed E-state index contributed by atoms with van der Waals surface area (Å²) >= 11 is 0. The molecule has 110 valence electrons. The molecule has 0 aliphatic heterocycles. The second-order valence-electron chi connectivity index (χ2n) is 4.60. The number of carbonyl (C=O) groups excluding carboxylic acids is 2. The van der Waals surface area contributed by atoms with Gasteiger partial charge in [-0.2, -0.15) is 0 Å². The van der Waals surface area contributed by atoms with Crippen LogP contribution in [0, 0.1) is 0 Å². The second kappa shape index (κ2) is 9.83. The van der Waals surface area contributed by atoms with Crippen LogP contribution in [0.4, 0.5) is 5.69 Å². The summed E-state index contributed by atoms with van der Waals surface area (Å²) in [6.07, 6.45) is 3.29. The van der Waals surface area contributed by atoms with Crippen molar-refractivity contribution in [2.24, 2.45) is 0 Å². The SMILES string of the molecule is CCCNC(=O)CCCCC(=O)NNc1ccccc1. The molecule has 0 unspecified atom stereocenters. The van der Waals surface area contributed by atoms with E-state index in [-0.39, 0.29) is 11.8 Å². The van der Waals surface area contributed by atoms with Gasteiger partial charge in [-0.3, -0.25) is 20.4 Å². The Morgan fingerprint density at radius 2 is 1.65 bits per heavy atom. The number of carbonyl (C=O) groups is 2. The van der Waals surface area contributed by atoms with Crippen molar-refractivity contribution in [3.63, 3.8) is 0 Å². The van der Waals surface area contributed by atoms with E-state index in [1.807, 2.05) is 37.3 Å². The Hall–Kier alpha value is -2.04. The lowest BCUT2D eigenvalue weighted by Crippen LogP contribution is -2.29. The highest BCUT2D eigenvalue weighted by atomic mass is 16.2. The molecule has 0 spiro atoms. The number of unbranched alkanes of at least 4 members (excludes halogenated alkanes) is 1. The van der Waals surface area contributed by atoms with Crippen LogP contribution in [-0.4, -0.2) is 18.4 Å². The van der Waals surface area contributed by atoms with Gasteiger partial charge in [0.15, 0.2) is 0 Å². The van der Waals surface area contributed by atoms with E-state index in [1.54, 1.807) is 0 Å². The molecule has 2 amide bonds. The first-order chi connectivity index (χ1) is 9.72. The number of hydrogen-bond donors (Lipinski definition) is 3. The Balaban J connectivity index is 2.04. The predicted molar refractivity (Wildman–Crippen MR) is 80.0 cm³/mol. The zero-order chi connectivity index (χ0) is 14.6. The largest absolute Gasteiger partial charge is 0.356 e. The Morgan fingerprint density at radius 1 is 1.00 bits per heavy atom. The molecule has 5 nitrogen and oxygen atoms in total. The fraction of sp³-hybridized carbons (Fsp3) is 0.467. The molecule has 0 fully saturated rings. The summed E-state index contributed by atoms with van der Waals surface area (Å²) in [4.78, 5) is 22.9. The van der Waals surface area contributed by atoms with Crippen molar-refractivity contribution < 1.29 is 9.59 Å². The standard InChI is InChI=1S/C15H23N3O2/c1-2-12-16-14(19)10-6-7-11-15(20)18-17-13-8-4-3-5-9-13/h3-5,8-9,17H,2,6-7,10-12H2,1H3,(H,16,19)(H,18,20). The third-order valence-electron chi connectivity index (χ3n) is 2.75. The number of benzene rings is 1. The summed E-state index contributed by atoms with van der Waals surface area (Å²) in [6, 6.07) is 9.44. The lowest BCUT2D eigenvalue weighted by Gasteiger charge is -2.08. The number of hydrogen-bond acceptors (Lipinski definition) is 3. The van der Waals surface area contributed by atoms with E-state index in [9.17, 15) is 9.59 Å². The summed E-state index contributed by atoms with van der Waals surface area (Å²) in [5.41, 5.74) is 6.32. The topological polar surface area (TPSA) is 70.2 Å². The van der Waals surface area contributed by atoms with Crippen LogP contribution >= 0.6 is 0 Å². The molecule has 1 aromatic rings. The lowest BCUT2D eigenvalue weighted by molar-refractivity contribution is -0.122. The van der Waals surface area contributed by atoms with Crippen molar-refractivity contribution in [3.05, 3.63) is 30.3 Å². The van der Waals surface area contributed by atoms with Gasteiger partial charge in [0.25, 0.3) is 0 Å².